The van der Waals surface area contributed by atoms with Gasteiger partial charge in [0.05, 0.1) is 15.1 Å². The van der Waals surface area contributed by atoms with E-state index >= 15 is 0 Å². The van der Waals surface area contributed by atoms with E-state index in [2.05, 4.69) is 19.9 Å². The molecule has 2 aromatic heterocycles. The molecule has 4 N–H and O–H groups in total. The highest BCUT2D eigenvalue weighted by molar-refractivity contribution is 7.90. The van der Waals surface area contributed by atoms with E-state index in [1.807, 2.05) is 90.9 Å². The zero-order valence-corrected chi connectivity index (χ0v) is 34.0. The quantitative estimate of drug-likeness (QED) is 0.109. The second-order valence-electron chi connectivity index (χ2n) is 13.9. The number of unbranched alkanes of at least 4 members (excludes halogenated alkanes) is 1. The Kier molecular flexibility index (Phi) is 13.2. The van der Waals surface area contributed by atoms with Gasteiger partial charge in [-0.05, 0) is 100 Å². The Labute approximate surface area is 339 Å². The van der Waals surface area contributed by atoms with Crippen molar-refractivity contribution in [3.05, 3.63) is 134 Å². The van der Waals surface area contributed by atoms with Crippen molar-refractivity contribution in [2.45, 2.75) is 50.0 Å². The minimum atomic E-state index is -4.37. The zero-order chi connectivity index (χ0) is 39.2. The van der Waals surface area contributed by atoms with Gasteiger partial charge in [0, 0.05) is 45.2 Å². The molecule has 0 radical (unpaired) electrons. The highest BCUT2D eigenvalue weighted by Gasteiger charge is 2.29. The molecule has 0 spiro atoms. The SMILES string of the molecule is CN(C)CCCCc1ccc(S(=O)(=O)NC(=O)c2nc(N3CCc4cccc(C(=O)Nc5nc6ccccc6s5)c4C3)sc2CCc2ccccc2)cc1[NH+]=O.[OH-]. The summed E-state index contributed by atoms with van der Waals surface area (Å²) >= 11 is 2.76. The highest BCUT2D eigenvalue weighted by atomic mass is 32.2. The van der Waals surface area contributed by atoms with Crippen molar-refractivity contribution in [1.29, 1.82) is 0 Å². The van der Waals surface area contributed by atoms with Crippen molar-refractivity contribution in [2.24, 2.45) is 0 Å². The molecular weight excluding hydrogens is 783 g/mol. The molecule has 4 aromatic carbocycles. The summed E-state index contributed by atoms with van der Waals surface area (Å²) < 4.78 is 30.4. The van der Waals surface area contributed by atoms with Gasteiger partial charge in [-0.3, -0.25) is 14.9 Å². The van der Waals surface area contributed by atoms with E-state index in [9.17, 15) is 22.9 Å². The number of carbonyl (C=O) groups excluding carboxylic acids is 2. The number of sulfonamides is 1. The number of para-hydroxylation sites is 1. The molecule has 0 fully saturated rings. The van der Waals surface area contributed by atoms with Gasteiger partial charge in [-0.1, -0.05) is 72.0 Å². The van der Waals surface area contributed by atoms with Crippen molar-refractivity contribution in [3.63, 3.8) is 0 Å². The molecule has 13 nitrogen and oxygen atoms in total. The summed E-state index contributed by atoms with van der Waals surface area (Å²) in [5.41, 5.74) is 5.21. The maximum Gasteiger partial charge on any atom is 0.284 e. The number of hydrogen-bond donors (Lipinski definition) is 3. The summed E-state index contributed by atoms with van der Waals surface area (Å²) in [5, 5.41) is 5.93. The van der Waals surface area contributed by atoms with Crippen LogP contribution in [0.2, 0.25) is 0 Å². The Hall–Kier alpha value is -5.39. The number of amides is 2. The van der Waals surface area contributed by atoms with Gasteiger partial charge in [0.15, 0.2) is 10.3 Å². The van der Waals surface area contributed by atoms with Crippen LogP contribution in [0.3, 0.4) is 0 Å². The zero-order valence-electron chi connectivity index (χ0n) is 31.5. The summed E-state index contributed by atoms with van der Waals surface area (Å²) in [6, 6.07) is 27.5. The Bertz CT molecular complexity index is 2470. The topological polar surface area (TPSA) is 186 Å². The normalized spacial score (nSPS) is 12.6. The van der Waals surface area contributed by atoms with Crippen molar-refractivity contribution in [1.82, 2.24) is 19.6 Å². The number of benzene rings is 4. The lowest BCUT2D eigenvalue weighted by molar-refractivity contribution is -0.380. The van der Waals surface area contributed by atoms with Gasteiger partial charge in [-0.2, -0.15) is 0 Å². The van der Waals surface area contributed by atoms with Crippen LogP contribution in [0, 0.1) is 4.91 Å². The summed E-state index contributed by atoms with van der Waals surface area (Å²) in [6.07, 6.45) is 4.08. The maximum atomic E-state index is 13.9. The lowest BCUT2D eigenvalue weighted by atomic mass is 9.94. The Balaban J connectivity index is 0.00000549. The molecule has 0 saturated carbocycles. The average Bonchev–Trinajstić information content (AvgIpc) is 3.82. The molecule has 6 aromatic rings. The maximum absolute atomic E-state index is 13.9. The molecule has 57 heavy (non-hydrogen) atoms. The molecule has 7 rings (SSSR count). The van der Waals surface area contributed by atoms with E-state index in [0.29, 0.717) is 65.0 Å². The molecular formula is C41H43N7O6S3. The summed E-state index contributed by atoms with van der Waals surface area (Å²) in [4.78, 5) is 53.3. The van der Waals surface area contributed by atoms with Crippen LogP contribution >= 0.6 is 22.7 Å². The van der Waals surface area contributed by atoms with E-state index in [1.165, 1.54) is 34.8 Å². The van der Waals surface area contributed by atoms with Crippen molar-refractivity contribution in [2.75, 3.05) is 37.4 Å². The number of rotatable bonds is 15. The first-order valence-electron chi connectivity index (χ1n) is 18.4. The average molecular weight is 826 g/mol. The van der Waals surface area contributed by atoms with Crippen LogP contribution in [0.5, 0.6) is 0 Å². The fourth-order valence-corrected chi connectivity index (χ4v) is 9.70. The summed E-state index contributed by atoms with van der Waals surface area (Å²) in [6.45, 7) is 1.86. The Morgan fingerprint density at radius 1 is 0.877 bits per heavy atom. The van der Waals surface area contributed by atoms with Crippen LogP contribution in [0.4, 0.5) is 16.0 Å². The van der Waals surface area contributed by atoms with Gasteiger partial charge < -0.3 is 15.3 Å². The van der Waals surface area contributed by atoms with Crippen LogP contribution in [0.25, 0.3) is 10.2 Å². The number of hydrogen-bond acceptors (Lipinski definition) is 12. The van der Waals surface area contributed by atoms with Gasteiger partial charge in [-0.25, -0.2) is 23.1 Å². The highest BCUT2D eigenvalue weighted by Crippen LogP contribution is 2.34. The predicted octanol–water partition coefficient (Wildman–Crippen LogP) is 5.66. The standard InChI is InChI=1S/C41H41N7O5S3.H2O/c1-47(2)23-9-8-13-29-19-20-30(25-34(29)45-51)56(52,53)46-39(50)37-36(21-18-27-11-4-3-5-12-27)55-41(43-37)48-24-22-28-14-10-15-31(32(28)26-48)38(49)44-40-42-33-16-6-7-17-35(33)54-40;/h3-7,10-12,14-17,19-20,25H,8-9,13,18,21-24,26H2,1-2H3,(H,46,50)(H,42,44,49);1H2. The van der Waals surface area contributed by atoms with Crippen molar-refractivity contribution < 1.29 is 28.7 Å². The Morgan fingerprint density at radius 2 is 1.67 bits per heavy atom. The van der Waals surface area contributed by atoms with Crippen molar-refractivity contribution in [3.8, 4) is 0 Å². The van der Waals surface area contributed by atoms with Gasteiger partial charge in [0.2, 0.25) is 0 Å². The second kappa shape index (κ2) is 18.3. The minimum absolute atomic E-state index is 0. The molecule has 0 atom stereocenters. The number of anilines is 2. The summed E-state index contributed by atoms with van der Waals surface area (Å²) in [5.74, 6) is -1.11. The first-order valence-corrected chi connectivity index (χ1v) is 21.5. The molecule has 3 heterocycles. The van der Waals surface area contributed by atoms with Crippen LogP contribution in [-0.4, -0.2) is 67.8 Å². The number of nitrogens with zero attached hydrogens (tertiary/aromatic N) is 4. The molecule has 1 aliphatic rings. The Morgan fingerprint density at radius 3 is 2.44 bits per heavy atom. The lowest BCUT2D eigenvalue weighted by Gasteiger charge is -2.29. The van der Waals surface area contributed by atoms with E-state index in [1.54, 1.807) is 12.1 Å². The third kappa shape index (κ3) is 9.77. The van der Waals surface area contributed by atoms with Gasteiger partial charge in [-0.15, -0.1) is 11.3 Å². The van der Waals surface area contributed by atoms with Gasteiger partial charge in [0.25, 0.3) is 27.5 Å². The molecule has 0 aliphatic carbocycles. The molecule has 0 bridgehead atoms. The van der Waals surface area contributed by atoms with Gasteiger partial charge in [0.1, 0.15) is 5.69 Å². The number of aromatic nitrogens is 2. The molecule has 1 aliphatic heterocycles. The van der Waals surface area contributed by atoms with Crippen LogP contribution < -0.4 is 20.1 Å². The first kappa shape index (κ1) is 41.2. The smallest absolute Gasteiger partial charge is 0.284 e. The fourth-order valence-electron chi connectivity index (χ4n) is 6.78. The van der Waals surface area contributed by atoms with Crippen molar-refractivity contribution >= 4 is 70.7 Å². The number of aryl methyl sites for hydroxylation is 3. The molecule has 16 heteroatoms. The number of carbonyl (C=O) groups is 2. The van der Waals surface area contributed by atoms with E-state index < -0.39 is 15.9 Å². The number of thiazole rings is 2. The third-order valence-corrected chi connectivity index (χ3v) is 13.2. The van der Waals surface area contributed by atoms with E-state index in [-0.39, 0.29) is 27.7 Å². The number of fused-ring (bicyclic) bond motifs is 2. The second-order valence-corrected chi connectivity index (χ2v) is 17.7. The van der Waals surface area contributed by atoms with E-state index in [0.717, 1.165) is 46.3 Å². The number of nitroso groups, excluding NO2 is 1. The number of nitrogens with one attached hydrogen (secondary N) is 3. The van der Waals surface area contributed by atoms with Crippen LogP contribution in [0.1, 0.15) is 60.8 Å². The summed E-state index contributed by atoms with van der Waals surface area (Å²) in [7, 11) is -0.376. The fraction of sp³-hybridized carbons (Fsp3) is 0.268. The van der Waals surface area contributed by atoms with E-state index in [4.69, 9.17) is 4.98 Å². The van der Waals surface area contributed by atoms with Crippen LogP contribution in [0.15, 0.2) is 95.9 Å². The molecule has 0 saturated heterocycles. The van der Waals surface area contributed by atoms with Crippen LogP contribution in [-0.2, 0) is 42.3 Å². The first-order chi connectivity index (χ1) is 27.1. The third-order valence-electron chi connectivity index (χ3n) is 9.72. The lowest BCUT2D eigenvalue weighted by Crippen LogP contribution is -2.56. The predicted molar refractivity (Wildman–Crippen MR) is 223 cm³/mol. The monoisotopic (exact) mass is 825 g/mol. The molecule has 296 valence electrons. The largest absolute Gasteiger partial charge is 0.870 e. The minimum Gasteiger partial charge on any atom is -0.870 e. The molecule has 0 unspecified atom stereocenters. The molecule has 2 amide bonds. The van der Waals surface area contributed by atoms with Gasteiger partial charge >= 0.3 is 0 Å².